The summed E-state index contributed by atoms with van der Waals surface area (Å²) in [5.41, 5.74) is 0.424. The smallest absolute Gasteiger partial charge is 0.234 e. The van der Waals surface area contributed by atoms with E-state index in [0.717, 1.165) is 0 Å². The maximum absolute atomic E-state index is 12.3. The second-order valence-corrected chi connectivity index (χ2v) is 3.08. The molecule has 0 amide bonds. The summed E-state index contributed by atoms with van der Waals surface area (Å²) in [6.07, 6.45) is 2.60. The van der Waals surface area contributed by atoms with Gasteiger partial charge in [-0.1, -0.05) is 0 Å². The van der Waals surface area contributed by atoms with Crippen LogP contribution in [0.25, 0.3) is 11.2 Å². The molecular weight excluding hydrogens is 246 g/mol. The molecule has 0 radical (unpaired) electrons. The van der Waals surface area contributed by atoms with Crippen LogP contribution in [0.1, 0.15) is 6.55 Å². The first-order valence-corrected chi connectivity index (χ1v) is 4.11. The van der Waals surface area contributed by atoms with E-state index in [4.69, 9.17) is 0 Å². The standard InChI is InChI=1S/C6H3BrF2N4/c7-4-2-10-5-3(12-4)1-11-13(5)6(8)9/h1-2,6H. The van der Waals surface area contributed by atoms with Crippen molar-refractivity contribution < 1.29 is 8.78 Å². The average Bonchev–Trinajstić information content (AvgIpc) is 2.46. The molecule has 0 N–H and O–H groups in total. The maximum Gasteiger partial charge on any atom is 0.335 e. The number of fused-ring (bicyclic) bond motifs is 1. The Bertz CT molecular complexity index is 441. The summed E-state index contributed by atoms with van der Waals surface area (Å²) in [5, 5.41) is 3.46. The normalized spacial score (nSPS) is 11.4. The number of alkyl halides is 2. The molecule has 2 aromatic rings. The van der Waals surface area contributed by atoms with Crippen LogP contribution in [0.15, 0.2) is 17.0 Å². The lowest BCUT2D eigenvalue weighted by molar-refractivity contribution is 0.0608. The minimum Gasteiger partial charge on any atom is -0.234 e. The Labute approximate surface area is 79.7 Å². The fraction of sp³-hybridized carbons (Fsp3) is 0.167. The van der Waals surface area contributed by atoms with Gasteiger partial charge < -0.3 is 0 Å². The van der Waals surface area contributed by atoms with E-state index in [1.54, 1.807) is 0 Å². The Kier molecular flexibility index (Phi) is 1.95. The molecule has 2 heterocycles. The van der Waals surface area contributed by atoms with Crippen LogP contribution in [0.4, 0.5) is 8.78 Å². The molecule has 13 heavy (non-hydrogen) atoms. The van der Waals surface area contributed by atoms with Gasteiger partial charge in [0.2, 0.25) is 0 Å². The molecule has 0 aliphatic rings. The summed E-state index contributed by atoms with van der Waals surface area (Å²) < 4.78 is 25.5. The first-order chi connectivity index (χ1) is 6.18. The van der Waals surface area contributed by atoms with Gasteiger partial charge in [0.15, 0.2) is 5.65 Å². The van der Waals surface area contributed by atoms with Gasteiger partial charge in [0.05, 0.1) is 12.4 Å². The Balaban J connectivity index is 2.69. The van der Waals surface area contributed by atoms with Crippen LogP contribution in [-0.4, -0.2) is 19.7 Å². The van der Waals surface area contributed by atoms with Gasteiger partial charge in [-0.3, -0.25) is 0 Å². The molecule has 68 valence electrons. The molecule has 0 aliphatic heterocycles. The van der Waals surface area contributed by atoms with Crippen molar-refractivity contribution in [2.75, 3.05) is 0 Å². The van der Waals surface area contributed by atoms with E-state index >= 15 is 0 Å². The van der Waals surface area contributed by atoms with Gasteiger partial charge in [0.25, 0.3) is 0 Å². The summed E-state index contributed by atoms with van der Waals surface area (Å²) in [7, 11) is 0. The zero-order valence-electron chi connectivity index (χ0n) is 6.15. The van der Waals surface area contributed by atoms with Crippen molar-refractivity contribution in [3.05, 3.63) is 17.0 Å². The molecule has 2 aromatic heterocycles. The first-order valence-electron chi connectivity index (χ1n) is 3.32. The fourth-order valence-corrected chi connectivity index (χ4v) is 1.25. The molecule has 0 atom stereocenters. The highest BCUT2D eigenvalue weighted by Crippen LogP contribution is 2.17. The van der Waals surface area contributed by atoms with Crippen molar-refractivity contribution in [1.29, 1.82) is 0 Å². The lowest BCUT2D eigenvalue weighted by Crippen LogP contribution is -2.00. The second-order valence-electron chi connectivity index (χ2n) is 2.27. The molecule has 7 heteroatoms. The molecular formula is C6H3BrF2N4. The number of rotatable bonds is 1. The quantitative estimate of drug-likeness (QED) is 0.776. The molecule has 2 rings (SSSR count). The van der Waals surface area contributed by atoms with Gasteiger partial charge in [-0.25, -0.2) is 9.97 Å². The largest absolute Gasteiger partial charge is 0.335 e. The molecule has 4 nitrogen and oxygen atoms in total. The van der Waals surface area contributed by atoms with Crippen LogP contribution in [-0.2, 0) is 0 Å². The topological polar surface area (TPSA) is 43.6 Å². The number of hydrogen-bond donors (Lipinski definition) is 0. The van der Waals surface area contributed by atoms with E-state index in [0.29, 0.717) is 14.8 Å². The van der Waals surface area contributed by atoms with Crippen molar-refractivity contribution in [1.82, 2.24) is 19.7 Å². The van der Waals surface area contributed by atoms with Gasteiger partial charge in [-0.05, 0) is 15.9 Å². The van der Waals surface area contributed by atoms with E-state index in [1.807, 2.05) is 0 Å². The minimum absolute atomic E-state index is 0.0817. The molecule has 0 unspecified atom stereocenters. The van der Waals surface area contributed by atoms with Gasteiger partial charge in [-0.15, -0.1) is 0 Å². The zero-order chi connectivity index (χ0) is 9.42. The second kappa shape index (κ2) is 2.99. The molecule has 0 saturated heterocycles. The number of hydrogen-bond acceptors (Lipinski definition) is 3. The predicted octanol–water partition coefficient (Wildman–Crippen LogP) is 1.98. The summed E-state index contributed by atoms with van der Waals surface area (Å²) in [6.45, 7) is -2.69. The van der Waals surface area contributed by atoms with Crippen molar-refractivity contribution in [2.45, 2.75) is 6.55 Å². The Hall–Kier alpha value is -1.11. The Morgan fingerprint density at radius 1 is 1.38 bits per heavy atom. The highest BCUT2D eigenvalue weighted by Gasteiger charge is 2.12. The van der Waals surface area contributed by atoms with Crippen LogP contribution in [0.3, 0.4) is 0 Å². The summed E-state index contributed by atoms with van der Waals surface area (Å²) >= 11 is 3.08. The first kappa shape index (κ1) is 8.49. The molecule has 0 bridgehead atoms. The monoisotopic (exact) mass is 248 g/mol. The number of halogens is 3. The highest BCUT2D eigenvalue weighted by atomic mass is 79.9. The van der Waals surface area contributed by atoms with Crippen molar-refractivity contribution in [3.63, 3.8) is 0 Å². The van der Waals surface area contributed by atoms with E-state index < -0.39 is 6.55 Å². The third-order valence-corrected chi connectivity index (χ3v) is 1.84. The minimum atomic E-state index is -2.69. The molecule has 0 fully saturated rings. The molecule has 0 aliphatic carbocycles. The lowest BCUT2D eigenvalue weighted by atomic mass is 10.5. The van der Waals surface area contributed by atoms with Gasteiger partial charge in [0, 0.05) is 0 Å². The number of aromatic nitrogens is 4. The van der Waals surface area contributed by atoms with Gasteiger partial charge >= 0.3 is 6.55 Å². The van der Waals surface area contributed by atoms with Crippen LogP contribution in [0, 0.1) is 0 Å². The van der Waals surface area contributed by atoms with Crippen molar-refractivity contribution in [2.24, 2.45) is 0 Å². The Morgan fingerprint density at radius 2 is 2.15 bits per heavy atom. The van der Waals surface area contributed by atoms with Crippen LogP contribution in [0.2, 0.25) is 0 Å². The maximum atomic E-state index is 12.3. The summed E-state index contributed by atoms with van der Waals surface area (Å²) in [6, 6.07) is 0. The van der Waals surface area contributed by atoms with Crippen molar-refractivity contribution in [3.8, 4) is 0 Å². The van der Waals surface area contributed by atoms with Crippen molar-refractivity contribution >= 4 is 27.1 Å². The number of nitrogens with zero attached hydrogens (tertiary/aromatic N) is 4. The third-order valence-electron chi connectivity index (χ3n) is 1.46. The SMILES string of the molecule is FC(F)n1ncc2nc(Br)cnc21. The zero-order valence-corrected chi connectivity index (χ0v) is 7.74. The third kappa shape index (κ3) is 1.39. The van der Waals surface area contributed by atoms with E-state index in [9.17, 15) is 8.78 Å². The fourth-order valence-electron chi connectivity index (χ4n) is 0.952. The molecule has 0 aromatic carbocycles. The van der Waals surface area contributed by atoms with Crippen LogP contribution >= 0.6 is 15.9 Å². The summed E-state index contributed by atoms with van der Waals surface area (Å²) in [4.78, 5) is 7.69. The predicted molar refractivity (Wildman–Crippen MR) is 44.3 cm³/mol. The molecule has 0 spiro atoms. The molecule has 0 saturated carbocycles. The van der Waals surface area contributed by atoms with Crippen LogP contribution < -0.4 is 0 Å². The summed E-state index contributed by atoms with van der Waals surface area (Å²) in [5.74, 6) is 0. The van der Waals surface area contributed by atoms with E-state index in [-0.39, 0.29) is 5.65 Å². The highest BCUT2D eigenvalue weighted by molar-refractivity contribution is 9.10. The average molecular weight is 249 g/mol. The van der Waals surface area contributed by atoms with Gasteiger partial charge in [-0.2, -0.15) is 18.6 Å². The Morgan fingerprint density at radius 3 is 2.85 bits per heavy atom. The van der Waals surface area contributed by atoms with Gasteiger partial charge in [0.1, 0.15) is 10.1 Å². The van der Waals surface area contributed by atoms with E-state index in [1.165, 1.54) is 12.4 Å². The lowest BCUT2D eigenvalue weighted by Gasteiger charge is -1.98. The van der Waals surface area contributed by atoms with E-state index in [2.05, 4.69) is 31.0 Å². The van der Waals surface area contributed by atoms with Crippen LogP contribution in [0.5, 0.6) is 0 Å².